The summed E-state index contributed by atoms with van der Waals surface area (Å²) in [7, 11) is 0. The van der Waals surface area contributed by atoms with Gasteiger partial charge in [0.15, 0.2) is 0 Å². The van der Waals surface area contributed by atoms with Crippen LogP contribution < -0.4 is 15.6 Å². The molecule has 0 fully saturated rings. The molecular formula is C16H17N3O2. The van der Waals surface area contributed by atoms with Gasteiger partial charge in [-0.1, -0.05) is 18.2 Å². The van der Waals surface area contributed by atoms with Gasteiger partial charge in [-0.25, -0.2) is 4.98 Å². The highest BCUT2D eigenvalue weighted by atomic mass is 16.5. The average Bonchev–Trinajstić information content (AvgIpc) is 2.54. The smallest absolute Gasteiger partial charge is 0.254 e. The number of benzene rings is 1. The molecule has 0 bridgehead atoms. The minimum Gasteiger partial charge on any atom is -0.493 e. The van der Waals surface area contributed by atoms with Crippen molar-refractivity contribution in [1.29, 1.82) is 0 Å². The van der Waals surface area contributed by atoms with Crippen molar-refractivity contribution < 1.29 is 4.74 Å². The van der Waals surface area contributed by atoms with Gasteiger partial charge in [-0.05, 0) is 25.5 Å². The Kier molecular flexibility index (Phi) is 3.00. The molecule has 2 aromatic rings. The number of aromatic nitrogens is 2. The van der Waals surface area contributed by atoms with Crippen LogP contribution in [0.4, 0.5) is 0 Å². The standard InChI is InChI=1S/C16H17N3O2/c20-16-12-5-7-17-9-13(12)18-15(19-16)11-6-8-21-14-4-2-1-3-10(11)14/h1-4,11,17H,5-9H2,(H,18,19,20). The highest BCUT2D eigenvalue weighted by molar-refractivity contribution is 5.41. The minimum atomic E-state index is 0.0143. The number of fused-ring (bicyclic) bond motifs is 2. The van der Waals surface area contributed by atoms with Gasteiger partial charge in [-0.3, -0.25) is 4.79 Å². The summed E-state index contributed by atoms with van der Waals surface area (Å²) in [5.41, 5.74) is 2.85. The molecule has 0 radical (unpaired) electrons. The first-order valence-electron chi connectivity index (χ1n) is 7.37. The fraction of sp³-hybridized carbons (Fsp3) is 0.375. The molecule has 1 aromatic carbocycles. The topological polar surface area (TPSA) is 67.0 Å². The molecule has 0 amide bonds. The molecule has 21 heavy (non-hydrogen) atoms. The summed E-state index contributed by atoms with van der Waals surface area (Å²) < 4.78 is 5.69. The summed E-state index contributed by atoms with van der Waals surface area (Å²) in [5.74, 6) is 1.76. The van der Waals surface area contributed by atoms with Gasteiger partial charge < -0.3 is 15.0 Å². The van der Waals surface area contributed by atoms with Gasteiger partial charge in [0.25, 0.3) is 5.56 Å². The van der Waals surface area contributed by atoms with E-state index in [1.54, 1.807) is 0 Å². The zero-order chi connectivity index (χ0) is 14.2. The van der Waals surface area contributed by atoms with Crippen molar-refractivity contribution in [2.24, 2.45) is 0 Å². The molecule has 5 heteroatoms. The number of nitrogens with one attached hydrogen (secondary N) is 2. The van der Waals surface area contributed by atoms with Crippen LogP contribution in [-0.4, -0.2) is 23.1 Å². The van der Waals surface area contributed by atoms with E-state index >= 15 is 0 Å². The van der Waals surface area contributed by atoms with E-state index in [0.717, 1.165) is 47.8 Å². The van der Waals surface area contributed by atoms with Crippen molar-refractivity contribution in [2.75, 3.05) is 13.2 Å². The minimum absolute atomic E-state index is 0.0143. The number of H-pyrrole nitrogens is 1. The number of aromatic amines is 1. The molecule has 2 N–H and O–H groups in total. The van der Waals surface area contributed by atoms with Gasteiger partial charge in [0.1, 0.15) is 11.6 Å². The first kappa shape index (κ1) is 12.6. The van der Waals surface area contributed by atoms with E-state index < -0.39 is 0 Å². The zero-order valence-corrected chi connectivity index (χ0v) is 11.7. The van der Waals surface area contributed by atoms with E-state index in [-0.39, 0.29) is 11.5 Å². The molecule has 0 saturated heterocycles. The Morgan fingerprint density at radius 2 is 2.19 bits per heavy atom. The van der Waals surface area contributed by atoms with E-state index in [1.807, 2.05) is 18.2 Å². The number of rotatable bonds is 1. The Labute approximate surface area is 122 Å². The fourth-order valence-electron chi connectivity index (χ4n) is 3.18. The molecule has 108 valence electrons. The summed E-state index contributed by atoms with van der Waals surface area (Å²) in [6.07, 6.45) is 1.59. The molecule has 5 nitrogen and oxygen atoms in total. The summed E-state index contributed by atoms with van der Waals surface area (Å²) in [6.45, 7) is 2.18. The first-order chi connectivity index (χ1) is 10.3. The van der Waals surface area contributed by atoms with Gasteiger partial charge in [-0.15, -0.1) is 0 Å². The molecule has 0 saturated carbocycles. The van der Waals surface area contributed by atoms with Crippen molar-refractivity contribution in [3.05, 3.63) is 57.3 Å². The maximum atomic E-state index is 12.3. The predicted octanol–water partition coefficient (Wildman–Crippen LogP) is 1.33. The molecule has 1 unspecified atom stereocenters. The van der Waals surface area contributed by atoms with Crippen LogP contribution in [-0.2, 0) is 13.0 Å². The Morgan fingerprint density at radius 3 is 3.14 bits per heavy atom. The summed E-state index contributed by atoms with van der Waals surface area (Å²) in [6, 6.07) is 7.99. The SMILES string of the molecule is O=c1[nH]c(C2CCOc3ccccc32)nc2c1CCNC2. The second-order valence-electron chi connectivity index (χ2n) is 5.53. The first-order valence-corrected chi connectivity index (χ1v) is 7.37. The Morgan fingerprint density at radius 1 is 1.29 bits per heavy atom. The Balaban J connectivity index is 1.81. The normalized spacial score (nSPS) is 20.3. The van der Waals surface area contributed by atoms with E-state index in [2.05, 4.69) is 16.4 Å². The monoisotopic (exact) mass is 283 g/mol. The lowest BCUT2D eigenvalue weighted by atomic mass is 9.92. The second-order valence-corrected chi connectivity index (χ2v) is 5.53. The highest BCUT2D eigenvalue weighted by Crippen LogP contribution is 2.36. The maximum absolute atomic E-state index is 12.3. The van der Waals surface area contributed by atoms with Gasteiger partial charge >= 0.3 is 0 Å². The molecular weight excluding hydrogens is 266 g/mol. The largest absolute Gasteiger partial charge is 0.493 e. The lowest BCUT2D eigenvalue weighted by molar-refractivity contribution is 0.274. The highest BCUT2D eigenvalue weighted by Gasteiger charge is 2.26. The quantitative estimate of drug-likeness (QED) is 0.828. The third kappa shape index (κ3) is 2.14. The number of nitrogens with zero attached hydrogens (tertiary/aromatic N) is 1. The summed E-state index contributed by atoms with van der Waals surface area (Å²) in [5, 5.41) is 3.28. The van der Waals surface area contributed by atoms with Gasteiger partial charge in [0.2, 0.25) is 0 Å². The number of hydrogen-bond donors (Lipinski definition) is 2. The number of hydrogen-bond acceptors (Lipinski definition) is 4. The van der Waals surface area contributed by atoms with Crippen molar-refractivity contribution in [1.82, 2.24) is 15.3 Å². The Hall–Kier alpha value is -2.14. The lowest BCUT2D eigenvalue weighted by Gasteiger charge is -2.26. The number of ether oxygens (including phenoxy) is 1. The molecule has 1 aromatic heterocycles. The van der Waals surface area contributed by atoms with E-state index in [1.165, 1.54) is 0 Å². The predicted molar refractivity (Wildman–Crippen MR) is 78.7 cm³/mol. The van der Waals surface area contributed by atoms with Gasteiger partial charge in [-0.2, -0.15) is 0 Å². The van der Waals surface area contributed by atoms with Crippen LogP contribution in [0, 0.1) is 0 Å². The second kappa shape index (κ2) is 5.00. The Bertz CT molecular complexity index is 739. The van der Waals surface area contributed by atoms with Gasteiger partial charge in [0.05, 0.1) is 12.3 Å². The molecule has 2 aliphatic rings. The molecule has 0 aliphatic carbocycles. The van der Waals surface area contributed by atoms with Crippen LogP contribution in [0.5, 0.6) is 5.75 Å². The molecule has 1 atom stereocenters. The van der Waals surface area contributed by atoms with Crippen LogP contribution in [0.15, 0.2) is 29.1 Å². The van der Waals surface area contributed by atoms with Gasteiger partial charge in [0, 0.05) is 23.6 Å². The van der Waals surface area contributed by atoms with E-state index in [9.17, 15) is 4.79 Å². The van der Waals surface area contributed by atoms with Crippen molar-refractivity contribution in [3.8, 4) is 5.75 Å². The fourth-order valence-corrected chi connectivity index (χ4v) is 3.18. The van der Waals surface area contributed by atoms with Crippen molar-refractivity contribution >= 4 is 0 Å². The van der Waals surface area contributed by atoms with Crippen molar-refractivity contribution in [3.63, 3.8) is 0 Å². The average molecular weight is 283 g/mol. The molecule has 0 spiro atoms. The van der Waals surface area contributed by atoms with Crippen LogP contribution in [0.2, 0.25) is 0 Å². The lowest BCUT2D eigenvalue weighted by Crippen LogP contribution is -2.33. The van der Waals surface area contributed by atoms with Crippen molar-refractivity contribution in [2.45, 2.75) is 25.3 Å². The summed E-state index contributed by atoms with van der Waals surface area (Å²) in [4.78, 5) is 20.0. The van der Waals surface area contributed by atoms with E-state index in [0.29, 0.717) is 13.2 Å². The number of para-hydroxylation sites is 1. The van der Waals surface area contributed by atoms with Crippen LogP contribution >= 0.6 is 0 Å². The third-order valence-corrected chi connectivity index (χ3v) is 4.25. The molecule has 2 aliphatic heterocycles. The van der Waals surface area contributed by atoms with Crippen LogP contribution in [0.25, 0.3) is 0 Å². The summed E-state index contributed by atoms with van der Waals surface area (Å²) >= 11 is 0. The van der Waals surface area contributed by atoms with E-state index in [4.69, 9.17) is 9.72 Å². The third-order valence-electron chi connectivity index (χ3n) is 4.25. The molecule has 3 heterocycles. The zero-order valence-electron chi connectivity index (χ0n) is 11.7. The van der Waals surface area contributed by atoms with Crippen LogP contribution in [0.3, 0.4) is 0 Å². The molecule has 4 rings (SSSR count). The maximum Gasteiger partial charge on any atom is 0.254 e. The van der Waals surface area contributed by atoms with Crippen LogP contribution in [0.1, 0.15) is 35.0 Å².